The van der Waals surface area contributed by atoms with Crippen LogP contribution in [0.25, 0.3) is 10.8 Å². The van der Waals surface area contributed by atoms with Crippen molar-refractivity contribution >= 4 is 54.0 Å². The van der Waals surface area contributed by atoms with Gasteiger partial charge in [-0.2, -0.15) is 0 Å². The van der Waals surface area contributed by atoms with E-state index in [1.165, 1.54) is 0 Å². The maximum absolute atomic E-state index is 16.6. The van der Waals surface area contributed by atoms with Crippen LogP contribution in [0.2, 0.25) is 18.6 Å². The van der Waals surface area contributed by atoms with Crippen molar-refractivity contribution < 1.29 is 28.3 Å². The summed E-state index contributed by atoms with van der Waals surface area (Å²) in [6.07, 6.45) is -0.388. The van der Waals surface area contributed by atoms with Gasteiger partial charge in [0.05, 0.1) is 48.7 Å². The molecule has 4 aliphatic rings. The van der Waals surface area contributed by atoms with E-state index in [0.29, 0.717) is 35.5 Å². The molecule has 1 N–H and O–H groups in total. The minimum absolute atomic E-state index is 0.0910. The molecular formula is C44H42FN3O5Si. The van der Waals surface area contributed by atoms with Gasteiger partial charge in [-0.25, -0.2) is 0 Å². The molecule has 5 aromatic carbocycles. The quantitative estimate of drug-likeness (QED) is 0.136. The van der Waals surface area contributed by atoms with Gasteiger partial charge in [0.1, 0.15) is 0 Å². The number of halogens is 1. The third-order valence-electron chi connectivity index (χ3n) is 12.2. The minimum atomic E-state index is -3.52. The second-order valence-corrected chi connectivity index (χ2v) is 19.5. The number of aliphatic hydroxyl groups excluding tert-OH is 1. The maximum Gasteiger partial charge on any atom is 0.264 e. The van der Waals surface area contributed by atoms with E-state index in [1.54, 1.807) is 27.8 Å². The SMILES string of the molecule is C[C@H]1[C@H]([Si](C)(C)F)[C@@H](CC(=O)N2Cc3ccccc3C[C@H]2CO)O[C@]12C(=O)N(Cc1cccc(N3C(=O)c4cccc5cccc3c45)c1)c1ccccc12. The van der Waals surface area contributed by atoms with E-state index in [0.717, 1.165) is 33.2 Å². The molecule has 1 fully saturated rings. The maximum atomic E-state index is 16.6. The number of ether oxygens (including phenoxy) is 1. The molecule has 0 unspecified atom stereocenters. The molecule has 0 bridgehead atoms. The number of anilines is 3. The predicted octanol–water partition coefficient (Wildman–Crippen LogP) is 7.79. The second-order valence-electron chi connectivity index (χ2n) is 15.7. The van der Waals surface area contributed by atoms with Gasteiger partial charge >= 0.3 is 0 Å². The fourth-order valence-corrected chi connectivity index (χ4v) is 12.3. The monoisotopic (exact) mass is 739 g/mol. The van der Waals surface area contributed by atoms with Crippen LogP contribution in [0.1, 0.15) is 46.0 Å². The van der Waals surface area contributed by atoms with E-state index in [1.807, 2.05) is 116 Å². The van der Waals surface area contributed by atoms with Crippen molar-refractivity contribution in [2.45, 2.75) is 69.2 Å². The highest BCUT2D eigenvalue weighted by Crippen LogP contribution is 2.60. The highest BCUT2D eigenvalue weighted by Gasteiger charge is 2.67. The van der Waals surface area contributed by atoms with E-state index in [-0.39, 0.29) is 37.3 Å². The molecule has 4 heterocycles. The molecule has 1 spiro atoms. The first-order valence-electron chi connectivity index (χ1n) is 18.7. The van der Waals surface area contributed by atoms with E-state index in [9.17, 15) is 14.7 Å². The molecule has 0 radical (unpaired) electrons. The predicted molar refractivity (Wildman–Crippen MR) is 209 cm³/mol. The summed E-state index contributed by atoms with van der Waals surface area (Å²) in [6, 6.07) is 34.4. The molecular weight excluding hydrogens is 698 g/mol. The number of benzene rings is 5. The third-order valence-corrected chi connectivity index (χ3v) is 14.7. The number of rotatable bonds is 7. The van der Waals surface area contributed by atoms with Crippen LogP contribution in [0.15, 0.2) is 109 Å². The van der Waals surface area contributed by atoms with Gasteiger partial charge in [-0.15, -0.1) is 0 Å². The summed E-state index contributed by atoms with van der Waals surface area (Å²) in [5.74, 6) is -1.15. The van der Waals surface area contributed by atoms with Gasteiger partial charge < -0.3 is 23.8 Å². The summed E-state index contributed by atoms with van der Waals surface area (Å²) < 4.78 is 23.4. The lowest BCUT2D eigenvalue weighted by Crippen LogP contribution is -2.48. The van der Waals surface area contributed by atoms with Crippen molar-refractivity contribution in [3.05, 3.63) is 137 Å². The Labute approximate surface area is 314 Å². The van der Waals surface area contributed by atoms with E-state index >= 15 is 8.90 Å². The molecule has 5 atom stereocenters. The Morgan fingerprint density at radius 2 is 1.61 bits per heavy atom. The van der Waals surface area contributed by atoms with Gasteiger partial charge in [-0.3, -0.25) is 19.3 Å². The number of hydrogen-bond acceptors (Lipinski definition) is 5. The van der Waals surface area contributed by atoms with E-state index in [4.69, 9.17) is 4.74 Å². The van der Waals surface area contributed by atoms with Crippen molar-refractivity contribution in [2.75, 3.05) is 16.4 Å². The van der Waals surface area contributed by atoms with Crippen LogP contribution in [0.3, 0.4) is 0 Å². The average Bonchev–Trinajstić information content (AvgIpc) is 3.72. The molecule has 4 aliphatic heterocycles. The number of carbonyl (C=O) groups excluding carboxylic acids is 3. The molecule has 274 valence electrons. The van der Waals surface area contributed by atoms with Crippen molar-refractivity contribution in [1.82, 2.24) is 4.90 Å². The molecule has 9 rings (SSSR count). The van der Waals surface area contributed by atoms with Crippen molar-refractivity contribution in [3.63, 3.8) is 0 Å². The first kappa shape index (κ1) is 34.6. The second kappa shape index (κ2) is 12.7. The van der Waals surface area contributed by atoms with Gasteiger partial charge in [0, 0.05) is 34.6 Å². The first-order chi connectivity index (χ1) is 26.0. The Morgan fingerprint density at radius 1 is 0.907 bits per heavy atom. The summed E-state index contributed by atoms with van der Waals surface area (Å²) in [6.45, 7) is 5.54. The van der Waals surface area contributed by atoms with Gasteiger partial charge in [-0.05, 0) is 71.9 Å². The number of aliphatic hydroxyl groups is 1. The van der Waals surface area contributed by atoms with Crippen LogP contribution in [-0.2, 0) is 39.4 Å². The summed E-state index contributed by atoms with van der Waals surface area (Å²) >= 11 is 0. The summed E-state index contributed by atoms with van der Waals surface area (Å²) in [4.78, 5) is 48.0. The normalized spacial score (nSPS) is 24.5. The topological polar surface area (TPSA) is 90.4 Å². The van der Waals surface area contributed by atoms with E-state index < -0.39 is 37.6 Å². The summed E-state index contributed by atoms with van der Waals surface area (Å²) in [7, 11) is -3.52. The lowest BCUT2D eigenvalue weighted by Gasteiger charge is -2.37. The van der Waals surface area contributed by atoms with Crippen molar-refractivity contribution in [1.29, 1.82) is 0 Å². The Kier molecular flexibility index (Phi) is 8.15. The zero-order valence-corrected chi connectivity index (χ0v) is 31.5. The van der Waals surface area contributed by atoms with Gasteiger partial charge in [-0.1, -0.05) is 85.8 Å². The minimum Gasteiger partial charge on any atom is -0.394 e. The van der Waals surface area contributed by atoms with E-state index in [2.05, 4.69) is 0 Å². The molecule has 3 amide bonds. The molecule has 54 heavy (non-hydrogen) atoms. The van der Waals surface area contributed by atoms with Gasteiger partial charge in [0.25, 0.3) is 11.8 Å². The zero-order valence-electron chi connectivity index (χ0n) is 30.5. The number of para-hydroxylation sites is 1. The number of amides is 3. The third kappa shape index (κ3) is 5.18. The Morgan fingerprint density at radius 3 is 2.39 bits per heavy atom. The fraction of sp³-hybridized carbons (Fsp3) is 0.295. The highest BCUT2D eigenvalue weighted by atomic mass is 28.4. The molecule has 1 saturated heterocycles. The number of hydrogen-bond donors (Lipinski definition) is 1. The number of nitrogens with zero attached hydrogens (tertiary/aromatic N) is 3. The number of fused-ring (bicyclic) bond motifs is 3. The Bertz CT molecular complexity index is 2360. The van der Waals surface area contributed by atoms with Crippen molar-refractivity contribution in [2.24, 2.45) is 5.92 Å². The summed E-state index contributed by atoms with van der Waals surface area (Å²) in [5.41, 5.74) is 4.37. The fourth-order valence-electron chi connectivity index (χ4n) is 9.84. The van der Waals surface area contributed by atoms with Crippen LogP contribution in [0, 0.1) is 5.92 Å². The standard InChI is InChI=1S/C44H42FN3O5Si/c1-27-41(54(2,3)45)38(23-39(50)46-25-31-13-5-4-12-30(31)22-33(46)26-49)53-44(27)35-18-6-7-19-36(35)47(43(44)52)24-28-11-8-16-32(21-28)48-37-20-10-15-29-14-9-17-34(40(29)37)42(48)51/h4-21,27,33,38,41,49H,22-26H2,1-3H3/t27-,33-,38+,41-,44+/m0/s1. The smallest absolute Gasteiger partial charge is 0.264 e. The van der Waals surface area contributed by atoms with Crippen LogP contribution in [-0.4, -0.2) is 54.9 Å². The van der Waals surface area contributed by atoms with Crippen LogP contribution in [0.5, 0.6) is 0 Å². The Hall–Kier alpha value is -5.16. The first-order valence-corrected chi connectivity index (χ1v) is 21.7. The van der Waals surface area contributed by atoms with Crippen LogP contribution in [0.4, 0.5) is 21.2 Å². The van der Waals surface area contributed by atoms with Crippen molar-refractivity contribution in [3.8, 4) is 0 Å². The average molecular weight is 740 g/mol. The molecule has 0 aromatic heterocycles. The molecule has 0 saturated carbocycles. The zero-order chi connectivity index (χ0) is 37.5. The molecule has 5 aromatic rings. The lowest BCUT2D eigenvalue weighted by atomic mass is 9.82. The number of carbonyl (C=O) groups is 3. The van der Waals surface area contributed by atoms with Crippen LogP contribution < -0.4 is 9.80 Å². The molecule has 8 nitrogen and oxygen atoms in total. The Balaban J connectivity index is 1.03. The lowest BCUT2D eigenvalue weighted by molar-refractivity contribution is -0.151. The van der Waals surface area contributed by atoms with Gasteiger partial charge in [0.15, 0.2) is 5.60 Å². The van der Waals surface area contributed by atoms with Crippen LogP contribution >= 0.6 is 0 Å². The highest BCUT2D eigenvalue weighted by molar-refractivity contribution is 6.72. The molecule has 10 heteroatoms. The van der Waals surface area contributed by atoms with Gasteiger partial charge in [0.2, 0.25) is 14.3 Å². The summed E-state index contributed by atoms with van der Waals surface area (Å²) in [5, 5.41) is 12.2. The molecule has 0 aliphatic carbocycles. The largest absolute Gasteiger partial charge is 0.394 e.